The SMILES string of the molecule is O=C(c1csc(Nc2ncccn2)n1)N1CCn2c1nc1ccccc12. The van der Waals surface area contributed by atoms with E-state index in [0.717, 1.165) is 17.6 Å². The fraction of sp³-hybridized carbons (Fsp3) is 0.118. The summed E-state index contributed by atoms with van der Waals surface area (Å²) >= 11 is 1.34. The largest absolute Gasteiger partial charge is 0.308 e. The number of fused-ring (bicyclic) bond motifs is 3. The molecule has 0 spiro atoms. The van der Waals surface area contributed by atoms with E-state index in [4.69, 9.17) is 0 Å². The van der Waals surface area contributed by atoms with Crippen LogP contribution in [0.5, 0.6) is 0 Å². The van der Waals surface area contributed by atoms with Gasteiger partial charge in [-0.25, -0.2) is 19.9 Å². The fourth-order valence-corrected chi connectivity index (χ4v) is 3.69. The molecular weight excluding hydrogens is 350 g/mol. The Kier molecular flexibility index (Phi) is 3.39. The Bertz CT molecular complexity index is 1100. The maximum absolute atomic E-state index is 12.9. The molecule has 5 rings (SSSR count). The second kappa shape index (κ2) is 5.88. The number of anilines is 3. The highest BCUT2D eigenvalue weighted by Gasteiger charge is 2.30. The van der Waals surface area contributed by atoms with Crippen molar-refractivity contribution in [3.63, 3.8) is 0 Å². The molecule has 4 aromatic rings. The quantitative estimate of drug-likeness (QED) is 0.602. The molecule has 1 aromatic carbocycles. The molecule has 4 heterocycles. The maximum atomic E-state index is 12.9. The zero-order valence-corrected chi connectivity index (χ0v) is 14.3. The van der Waals surface area contributed by atoms with Gasteiger partial charge in [0.1, 0.15) is 5.69 Å². The molecule has 0 unspecified atom stereocenters. The third-order valence-electron chi connectivity index (χ3n) is 4.18. The van der Waals surface area contributed by atoms with E-state index in [1.165, 1.54) is 11.3 Å². The summed E-state index contributed by atoms with van der Waals surface area (Å²) < 4.78 is 2.07. The van der Waals surface area contributed by atoms with Crippen molar-refractivity contribution in [2.24, 2.45) is 0 Å². The lowest BCUT2D eigenvalue weighted by Gasteiger charge is -2.11. The molecule has 0 bridgehead atoms. The van der Waals surface area contributed by atoms with Crippen LogP contribution in [0.15, 0.2) is 48.1 Å². The zero-order valence-electron chi connectivity index (χ0n) is 13.5. The van der Waals surface area contributed by atoms with Crippen LogP contribution in [-0.2, 0) is 6.54 Å². The predicted molar refractivity (Wildman–Crippen MR) is 98.8 cm³/mol. The van der Waals surface area contributed by atoms with E-state index in [0.29, 0.717) is 29.3 Å². The summed E-state index contributed by atoms with van der Waals surface area (Å²) in [5, 5.41) is 5.32. The van der Waals surface area contributed by atoms with Gasteiger partial charge in [0.15, 0.2) is 5.13 Å². The fourth-order valence-electron chi connectivity index (χ4n) is 3.01. The molecule has 0 saturated heterocycles. The van der Waals surface area contributed by atoms with Crippen LogP contribution in [-0.4, -0.2) is 37.0 Å². The van der Waals surface area contributed by atoms with Crippen molar-refractivity contribution >= 4 is 45.3 Å². The Morgan fingerprint density at radius 3 is 2.81 bits per heavy atom. The summed E-state index contributed by atoms with van der Waals surface area (Å²) in [6.45, 7) is 1.32. The summed E-state index contributed by atoms with van der Waals surface area (Å²) in [6.07, 6.45) is 3.29. The number of hydrogen-bond donors (Lipinski definition) is 1. The maximum Gasteiger partial charge on any atom is 0.280 e. The average Bonchev–Trinajstić information content (AvgIpc) is 3.37. The lowest BCUT2D eigenvalue weighted by molar-refractivity contribution is 0.0984. The number of nitrogens with one attached hydrogen (secondary N) is 1. The van der Waals surface area contributed by atoms with Crippen molar-refractivity contribution in [2.45, 2.75) is 6.54 Å². The smallest absolute Gasteiger partial charge is 0.280 e. The Morgan fingerprint density at radius 2 is 1.92 bits per heavy atom. The molecule has 1 aliphatic rings. The molecule has 3 aromatic heterocycles. The topological polar surface area (TPSA) is 88.8 Å². The molecule has 1 aliphatic heterocycles. The van der Waals surface area contributed by atoms with Gasteiger partial charge in [-0.1, -0.05) is 12.1 Å². The second-order valence-electron chi connectivity index (χ2n) is 5.74. The van der Waals surface area contributed by atoms with Crippen LogP contribution in [0.4, 0.5) is 17.0 Å². The molecule has 26 heavy (non-hydrogen) atoms. The van der Waals surface area contributed by atoms with Crippen molar-refractivity contribution in [2.75, 3.05) is 16.8 Å². The number of carbonyl (C=O) groups excluding carboxylic acids is 1. The zero-order chi connectivity index (χ0) is 17.5. The first-order valence-electron chi connectivity index (χ1n) is 8.06. The number of hydrogen-bond acceptors (Lipinski definition) is 7. The lowest BCUT2D eigenvalue weighted by Crippen LogP contribution is -2.29. The highest BCUT2D eigenvalue weighted by Crippen LogP contribution is 2.29. The number of imidazole rings is 1. The second-order valence-corrected chi connectivity index (χ2v) is 6.60. The van der Waals surface area contributed by atoms with E-state index in [1.54, 1.807) is 28.7 Å². The minimum absolute atomic E-state index is 0.155. The van der Waals surface area contributed by atoms with Gasteiger partial charge >= 0.3 is 0 Å². The van der Waals surface area contributed by atoms with Gasteiger partial charge in [0.2, 0.25) is 11.9 Å². The summed E-state index contributed by atoms with van der Waals surface area (Å²) in [4.78, 5) is 31.8. The third kappa shape index (κ3) is 2.40. The average molecular weight is 363 g/mol. The number of rotatable bonds is 3. The van der Waals surface area contributed by atoms with Crippen molar-refractivity contribution < 1.29 is 4.79 Å². The monoisotopic (exact) mass is 363 g/mol. The summed E-state index contributed by atoms with van der Waals surface area (Å²) in [5.74, 6) is 0.964. The Balaban J connectivity index is 1.42. The molecule has 0 aliphatic carbocycles. The molecule has 8 nitrogen and oxygen atoms in total. The van der Waals surface area contributed by atoms with E-state index in [2.05, 4.69) is 29.8 Å². The first-order valence-corrected chi connectivity index (χ1v) is 8.94. The molecule has 1 N–H and O–H groups in total. The van der Waals surface area contributed by atoms with Crippen molar-refractivity contribution in [3.05, 3.63) is 53.8 Å². The third-order valence-corrected chi connectivity index (χ3v) is 4.93. The van der Waals surface area contributed by atoms with E-state index in [9.17, 15) is 4.79 Å². The van der Waals surface area contributed by atoms with Crippen molar-refractivity contribution in [1.82, 2.24) is 24.5 Å². The van der Waals surface area contributed by atoms with Gasteiger partial charge in [0.05, 0.1) is 11.0 Å². The van der Waals surface area contributed by atoms with Crippen LogP contribution in [0, 0.1) is 0 Å². The molecule has 0 fully saturated rings. The molecule has 128 valence electrons. The number of thiazole rings is 1. The Labute approximate surface area is 152 Å². The van der Waals surface area contributed by atoms with Crippen LogP contribution in [0.2, 0.25) is 0 Å². The summed E-state index contributed by atoms with van der Waals surface area (Å²) in [6, 6.07) is 9.63. The summed E-state index contributed by atoms with van der Waals surface area (Å²) in [7, 11) is 0. The molecule has 9 heteroatoms. The number of amides is 1. The molecular formula is C17H13N7OS. The van der Waals surface area contributed by atoms with Gasteiger partial charge in [0, 0.05) is 30.9 Å². The van der Waals surface area contributed by atoms with E-state index >= 15 is 0 Å². The van der Waals surface area contributed by atoms with E-state index in [1.807, 2.05) is 24.3 Å². The van der Waals surface area contributed by atoms with Gasteiger partial charge in [-0.05, 0) is 18.2 Å². The minimum atomic E-state index is -0.155. The first kappa shape index (κ1) is 15.0. The Morgan fingerprint density at radius 1 is 1.08 bits per heavy atom. The standard InChI is InChI=1S/C17H13N7OS/c25-14(12-10-26-16(20-12)22-15-18-6-3-7-19-15)24-9-8-23-13-5-2-1-4-11(13)21-17(23)24/h1-7,10H,8-9H2,(H,18,19,20,22). The summed E-state index contributed by atoms with van der Waals surface area (Å²) in [5.41, 5.74) is 2.32. The number of aromatic nitrogens is 5. The minimum Gasteiger partial charge on any atom is -0.308 e. The van der Waals surface area contributed by atoms with Crippen molar-refractivity contribution in [1.29, 1.82) is 0 Å². The molecule has 0 saturated carbocycles. The predicted octanol–water partition coefficient (Wildman–Crippen LogP) is 2.69. The van der Waals surface area contributed by atoms with Gasteiger partial charge < -0.3 is 9.88 Å². The number of nitrogens with zero attached hydrogens (tertiary/aromatic N) is 6. The van der Waals surface area contributed by atoms with Gasteiger partial charge in [0.25, 0.3) is 5.91 Å². The normalized spacial score (nSPS) is 13.2. The highest BCUT2D eigenvalue weighted by molar-refractivity contribution is 7.14. The molecule has 0 radical (unpaired) electrons. The molecule has 1 amide bonds. The number of carbonyl (C=O) groups is 1. The van der Waals surface area contributed by atoms with Crippen LogP contribution in [0.1, 0.15) is 10.5 Å². The van der Waals surface area contributed by atoms with E-state index < -0.39 is 0 Å². The van der Waals surface area contributed by atoms with Gasteiger partial charge in [-0.2, -0.15) is 0 Å². The van der Waals surface area contributed by atoms with Crippen LogP contribution in [0.3, 0.4) is 0 Å². The Hall–Kier alpha value is -3.33. The number of benzene rings is 1. The van der Waals surface area contributed by atoms with Crippen molar-refractivity contribution in [3.8, 4) is 0 Å². The number of para-hydroxylation sites is 2. The van der Waals surface area contributed by atoms with Crippen LogP contribution < -0.4 is 10.2 Å². The van der Waals surface area contributed by atoms with E-state index in [-0.39, 0.29) is 5.91 Å². The first-order chi connectivity index (χ1) is 12.8. The van der Waals surface area contributed by atoms with Gasteiger partial charge in [-0.15, -0.1) is 11.3 Å². The van der Waals surface area contributed by atoms with Crippen LogP contribution in [0.25, 0.3) is 11.0 Å². The highest BCUT2D eigenvalue weighted by atomic mass is 32.1. The van der Waals surface area contributed by atoms with Gasteiger partial charge in [-0.3, -0.25) is 9.69 Å². The van der Waals surface area contributed by atoms with Crippen LogP contribution >= 0.6 is 11.3 Å². The molecule has 0 atom stereocenters. The lowest BCUT2D eigenvalue weighted by atomic mass is 10.3.